The predicted octanol–water partition coefficient (Wildman–Crippen LogP) is 1.37. The van der Waals surface area contributed by atoms with E-state index < -0.39 is 0 Å². The van der Waals surface area contributed by atoms with Gasteiger partial charge in [0, 0.05) is 0 Å². The highest BCUT2D eigenvalue weighted by molar-refractivity contribution is 8.14. The summed E-state index contributed by atoms with van der Waals surface area (Å²) >= 11 is 6.82. The van der Waals surface area contributed by atoms with Gasteiger partial charge in [-0.15, -0.1) is 0 Å². The lowest BCUT2D eigenvalue weighted by atomic mass is 10.8. The largest absolute Gasteiger partial charge is 0.255 e. The summed E-state index contributed by atoms with van der Waals surface area (Å²) in [6.07, 6.45) is 0. The Morgan fingerprint density at radius 3 is 3.00 bits per heavy atom. The van der Waals surface area contributed by atoms with E-state index in [-0.39, 0.29) is 5.50 Å². The van der Waals surface area contributed by atoms with Crippen molar-refractivity contribution < 1.29 is 0 Å². The average molecular weight is 120 g/mol. The molecule has 0 aliphatic carbocycles. The smallest absolute Gasteiger partial charge is 0.138 e. The number of nitrogens with zero attached hydrogens (tertiary/aromatic N) is 1. The van der Waals surface area contributed by atoms with Gasteiger partial charge in [-0.25, -0.2) is 0 Å². The molecule has 1 atom stereocenters. The van der Waals surface area contributed by atoms with Crippen LogP contribution < -0.4 is 0 Å². The topological polar surface area (TPSA) is 12.4 Å². The Kier molecular flexibility index (Phi) is 1.37. The number of halogens is 1. The zero-order valence-electron chi connectivity index (χ0n) is 2.89. The molecule has 6 heavy (non-hydrogen) atoms. The maximum absolute atomic E-state index is 5.41. The summed E-state index contributed by atoms with van der Waals surface area (Å²) < 4.78 is 0. The molecule has 0 aromatic carbocycles. The van der Waals surface area contributed by atoms with Gasteiger partial charge >= 0.3 is 0 Å². The summed E-state index contributed by atoms with van der Waals surface area (Å²) in [5.41, 5.74) is 2.50. The summed E-state index contributed by atoms with van der Waals surface area (Å²) in [5.74, 6) is 1.81. The van der Waals surface area contributed by atoms with Crippen molar-refractivity contribution in [3.8, 4) is 0 Å². The molecule has 2 radical (unpaired) electrons. The molecule has 0 saturated heterocycles. The minimum Gasteiger partial charge on any atom is -0.255 e. The lowest BCUT2D eigenvalue weighted by Crippen LogP contribution is -1.80. The summed E-state index contributed by atoms with van der Waals surface area (Å²) in [7, 11) is 0. The first-order chi connectivity index (χ1) is 2.89. The van der Waals surface area contributed by atoms with Crippen LogP contribution in [0.1, 0.15) is 0 Å². The van der Waals surface area contributed by atoms with Crippen molar-refractivity contribution in [2.75, 3.05) is 0 Å². The van der Waals surface area contributed by atoms with Crippen LogP contribution in [0.25, 0.3) is 0 Å². The SMILES string of the molecule is ClC1[CH]S[C]=N1. The zero-order chi connectivity index (χ0) is 4.41. The van der Waals surface area contributed by atoms with E-state index in [1.807, 2.05) is 5.75 Å². The van der Waals surface area contributed by atoms with Crippen LogP contribution >= 0.6 is 23.4 Å². The number of rotatable bonds is 0. The van der Waals surface area contributed by atoms with Crippen molar-refractivity contribution in [3.63, 3.8) is 0 Å². The van der Waals surface area contributed by atoms with E-state index in [4.69, 9.17) is 11.6 Å². The highest BCUT2D eigenvalue weighted by Crippen LogP contribution is 2.18. The molecule has 32 valence electrons. The Morgan fingerprint density at radius 1 is 2.00 bits per heavy atom. The van der Waals surface area contributed by atoms with Crippen LogP contribution in [0.15, 0.2) is 4.99 Å². The normalized spacial score (nSPS) is 31.8. The molecule has 0 fully saturated rings. The fourth-order valence-corrected chi connectivity index (χ4v) is 0.867. The molecule has 1 aliphatic heterocycles. The summed E-state index contributed by atoms with van der Waals surface area (Å²) in [6.45, 7) is 0. The van der Waals surface area contributed by atoms with Crippen molar-refractivity contribution >= 4 is 28.9 Å². The van der Waals surface area contributed by atoms with Gasteiger partial charge in [0.1, 0.15) is 11.0 Å². The Hall–Kier alpha value is 0.310. The Labute approximate surface area is 45.8 Å². The summed E-state index contributed by atoms with van der Waals surface area (Å²) in [4.78, 5) is 3.66. The van der Waals surface area contributed by atoms with Gasteiger partial charge in [-0.1, -0.05) is 23.4 Å². The lowest BCUT2D eigenvalue weighted by Gasteiger charge is -1.83. The zero-order valence-corrected chi connectivity index (χ0v) is 4.46. The van der Waals surface area contributed by atoms with E-state index in [1.54, 1.807) is 0 Å². The van der Waals surface area contributed by atoms with E-state index in [0.717, 1.165) is 0 Å². The number of aliphatic imine (C=N–C) groups is 1. The van der Waals surface area contributed by atoms with Crippen molar-refractivity contribution in [2.24, 2.45) is 4.99 Å². The molecular formula is C3H2ClNS. The van der Waals surface area contributed by atoms with Crippen molar-refractivity contribution in [1.82, 2.24) is 0 Å². The fourth-order valence-electron chi connectivity index (χ4n) is 0.198. The van der Waals surface area contributed by atoms with Gasteiger partial charge in [-0.3, -0.25) is 4.99 Å². The third-order valence-electron chi connectivity index (χ3n) is 0.409. The third kappa shape index (κ3) is 0.884. The Morgan fingerprint density at radius 2 is 2.83 bits per heavy atom. The summed E-state index contributed by atoms with van der Waals surface area (Å²) in [6, 6.07) is 0. The third-order valence-corrected chi connectivity index (χ3v) is 1.39. The standard InChI is InChI=1S/C3H2ClNS/c4-3-1-6-2-5-3/h1,3H. The second-order valence-electron chi connectivity index (χ2n) is 0.847. The van der Waals surface area contributed by atoms with E-state index in [0.29, 0.717) is 0 Å². The molecule has 3 heteroatoms. The first kappa shape index (κ1) is 4.47. The quantitative estimate of drug-likeness (QED) is 0.347. The van der Waals surface area contributed by atoms with Gasteiger partial charge in [-0.05, 0) is 0 Å². The number of hydrogen-bond donors (Lipinski definition) is 0. The minimum atomic E-state index is -0.130. The van der Waals surface area contributed by atoms with E-state index in [1.165, 1.54) is 11.8 Å². The molecule has 0 N–H and O–H groups in total. The maximum Gasteiger partial charge on any atom is 0.138 e. The predicted molar refractivity (Wildman–Crippen MR) is 29.0 cm³/mol. The first-order valence-corrected chi connectivity index (χ1v) is 2.79. The minimum absolute atomic E-state index is 0.130. The van der Waals surface area contributed by atoms with Crippen LogP contribution in [-0.4, -0.2) is 11.0 Å². The first-order valence-electron chi connectivity index (χ1n) is 1.47. The molecule has 1 heterocycles. The molecule has 0 bridgehead atoms. The van der Waals surface area contributed by atoms with Crippen molar-refractivity contribution in [1.29, 1.82) is 0 Å². The molecule has 1 rings (SSSR count). The number of thioether (sulfide) groups is 1. The van der Waals surface area contributed by atoms with Crippen LogP contribution in [0, 0.1) is 5.75 Å². The van der Waals surface area contributed by atoms with Gasteiger partial charge in [-0.2, -0.15) is 0 Å². The van der Waals surface area contributed by atoms with Crippen LogP contribution in [0.5, 0.6) is 0 Å². The molecule has 1 nitrogen and oxygen atoms in total. The molecule has 0 saturated carbocycles. The van der Waals surface area contributed by atoms with Gasteiger partial charge in [0.15, 0.2) is 0 Å². The van der Waals surface area contributed by atoms with Crippen LogP contribution in [-0.2, 0) is 0 Å². The fraction of sp³-hybridized carbons (Fsp3) is 0.333. The van der Waals surface area contributed by atoms with Crippen molar-refractivity contribution in [3.05, 3.63) is 5.75 Å². The number of hydrogen-bond acceptors (Lipinski definition) is 2. The van der Waals surface area contributed by atoms with Crippen LogP contribution in [0.2, 0.25) is 0 Å². The van der Waals surface area contributed by atoms with Crippen molar-refractivity contribution in [2.45, 2.75) is 5.50 Å². The Bertz CT molecular complexity index is 73.2. The van der Waals surface area contributed by atoms with E-state index in [2.05, 4.69) is 10.5 Å². The van der Waals surface area contributed by atoms with Crippen LogP contribution in [0.4, 0.5) is 0 Å². The molecule has 0 aromatic heterocycles. The van der Waals surface area contributed by atoms with Gasteiger partial charge in [0.25, 0.3) is 0 Å². The molecular weight excluding hydrogens is 118 g/mol. The monoisotopic (exact) mass is 119 g/mol. The Balaban J connectivity index is 2.38. The van der Waals surface area contributed by atoms with Gasteiger partial charge in [0.05, 0.1) is 5.75 Å². The van der Waals surface area contributed by atoms with Crippen LogP contribution in [0.3, 0.4) is 0 Å². The highest BCUT2D eigenvalue weighted by Gasteiger charge is 2.05. The average Bonchev–Trinajstić information content (AvgIpc) is 1.86. The number of alkyl halides is 1. The maximum atomic E-state index is 5.41. The highest BCUT2D eigenvalue weighted by atomic mass is 35.5. The molecule has 0 spiro atoms. The van der Waals surface area contributed by atoms with E-state index >= 15 is 0 Å². The second kappa shape index (κ2) is 1.85. The molecule has 1 aliphatic rings. The second-order valence-corrected chi connectivity index (χ2v) is 1.98. The van der Waals surface area contributed by atoms with Gasteiger partial charge in [0.2, 0.25) is 0 Å². The molecule has 0 aromatic rings. The van der Waals surface area contributed by atoms with E-state index in [9.17, 15) is 0 Å². The molecule has 1 unspecified atom stereocenters. The molecule has 0 amide bonds. The lowest BCUT2D eigenvalue weighted by molar-refractivity contribution is 1.15. The summed E-state index contributed by atoms with van der Waals surface area (Å²) in [5, 5.41) is 0. The van der Waals surface area contributed by atoms with Gasteiger partial charge < -0.3 is 0 Å².